The largest absolute Gasteiger partial charge is 0.475 e. The fraction of sp³-hybridized carbons (Fsp3) is 0.600. The van der Waals surface area contributed by atoms with Gasteiger partial charge in [-0.05, 0) is 40.5 Å². The summed E-state index contributed by atoms with van der Waals surface area (Å²) in [5.41, 5.74) is 3.49. The Kier molecular flexibility index (Phi) is 4.23. The number of hydrogen-bond acceptors (Lipinski definition) is 7. The van der Waals surface area contributed by atoms with Crippen LogP contribution in [-0.4, -0.2) is 48.3 Å². The number of rotatable bonds is 1. The molecule has 0 aliphatic carbocycles. The van der Waals surface area contributed by atoms with E-state index in [0.717, 1.165) is 60.5 Å². The molecule has 1 atom stereocenters. The van der Waals surface area contributed by atoms with Gasteiger partial charge >= 0.3 is 0 Å². The predicted octanol–water partition coefficient (Wildman–Crippen LogP) is 3.30. The van der Waals surface area contributed by atoms with Crippen molar-refractivity contribution < 1.29 is 9.47 Å². The van der Waals surface area contributed by atoms with E-state index in [4.69, 9.17) is 19.6 Å². The lowest BCUT2D eigenvalue weighted by atomic mass is 9.94. The Bertz CT molecular complexity index is 1070. The zero-order valence-corrected chi connectivity index (χ0v) is 17.4. The number of ether oxygens (including phenoxy) is 2. The highest BCUT2D eigenvalue weighted by atomic mass is 16.5. The molecule has 3 aromatic heterocycles. The van der Waals surface area contributed by atoms with Gasteiger partial charge < -0.3 is 14.8 Å². The number of fused-ring (bicyclic) bond motifs is 2. The standard InChI is InChI=1S/C20H27N7O2/c1-12-15-11-21-19-22-16-13(2)27(14-6-9-29-20(3,4)10-14)25-18(16)28-8-5-7-26(24-12)17(15)23-19/h11,14H,5-10H2,1-4H3,(H,21,22,23)/t14-/m1/s1. The molecule has 0 saturated carbocycles. The summed E-state index contributed by atoms with van der Waals surface area (Å²) in [4.78, 5) is 9.23. The molecule has 3 aromatic rings. The van der Waals surface area contributed by atoms with Gasteiger partial charge in [-0.15, -0.1) is 5.10 Å². The van der Waals surface area contributed by atoms with Crippen molar-refractivity contribution in [3.8, 4) is 5.88 Å². The molecule has 9 heteroatoms. The van der Waals surface area contributed by atoms with Crippen molar-refractivity contribution >= 4 is 22.7 Å². The van der Waals surface area contributed by atoms with Crippen LogP contribution in [0.2, 0.25) is 0 Å². The first kappa shape index (κ1) is 18.4. The van der Waals surface area contributed by atoms with E-state index in [1.807, 2.05) is 17.8 Å². The zero-order valence-electron chi connectivity index (χ0n) is 17.4. The molecule has 2 aliphatic rings. The first-order valence-electron chi connectivity index (χ1n) is 10.2. The lowest BCUT2D eigenvalue weighted by Gasteiger charge is -2.35. The summed E-state index contributed by atoms with van der Waals surface area (Å²) >= 11 is 0. The molecule has 9 nitrogen and oxygen atoms in total. The molecule has 0 aromatic carbocycles. The van der Waals surface area contributed by atoms with Crippen LogP contribution in [-0.2, 0) is 11.3 Å². The highest BCUT2D eigenvalue weighted by Crippen LogP contribution is 2.37. The second kappa shape index (κ2) is 6.69. The normalized spacial score (nSPS) is 21.3. The summed E-state index contributed by atoms with van der Waals surface area (Å²) in [5.74, 6) is 1.13. The Hall–Kier alpha value is -2.68. The van der Waals surface area contributed by atoms with Gasteiger partial charge in [0.05, 0.1) is 35.0 Å². The molecule has 2 aliphatic heterocycles. The monoisotopic (exact) mass is 397 g/mol. The lowest BCUT2D eigenvalue weighted by molar-refractivity contribution is -0.0711. The number of hydrogen-bond donors (Lipinski definition) is 1. The van der Waals surface area contributed by atoms with Crippen LogP contribution < -0.4 is 10.1 Å². The number of nitrogens with one attached hydrogen (secondary N) is 1. The Morgan fingerprint density at radius 3 is 2.90 bits per heavy atom. The molecule has 154 valence electrons. The van der Waals surface area contributed by atoms with E-state index in [2.05, 4.69) is 40.9 Å². The maximum Gasteiger partial charge on any atom is 0.257 e. The van der Waals surface area contributed by atoms with Crippen LogP contribution in [0.15, 0.2) is 6.20 Å². The van der Waals surface area contributed by atoms with Crippen LogP contribution in [0.5, 0.6) is 5.88 Å². The van der Waals surface area contributed by atoms with Crippen LogP contribution in [0.25, 0.3) is 11.0 Å². The minimum Gasteiger partial charge on any atom is -0.475 e. The van der Waals surface area contributed by atoms with E-state index < -0.39 is 0 Å². The van der Waals surface area contributed by atoms with Gasteiger partial charge in [0.1, 0.15) is 5.69 Å². The minimum atomic E-state index is -0.152. The first-order valence-corrected chi connectivity index (χ1v) is 10.2. The molecule has 5 rings (SSSR count). The van der Waals surface area contributed by atoms with E-state index in [1.165, 1.54) is 0 Å². The van der Waals surface area contributed by atoms with Crippen molar-refractivity contribution in [2.75, 3.05) is 18.5 Å². The molecule has 2 bridgehead atoms. The lowest BCUT2D eigenvalue weighted by Crippen LogP contribution is -2.35. The van der Waals surface area contributed by atoms with Gasteiger partial charge in [0, 0.05) is 25.8 Å². The van der Waals surface area contributed by atoms with Crippen molar-refractivity contribution in [3.63, 3.8) is 0 Å². The second-order valence-electron chi connectivity index (χ2n) is 8.53. The van der Waals surface area contributed by atoms with Crippen LogP contribution >= 0.6 is 0 Å². The molecule has 29 heavy (non-hydrogen) atoms. The van der Waals surface area contributed by atoms with Gasteiger partial charge in [-0.1, -0.05) is 0 Å². The van der Waals surface area contributed by atoms with Gasteiger partial charge in [0.2, 0.25) is 5.95 Å². The molecule has 0 unspecified atom stereocenters. The summed E-state index contributed by atoms with van der Waals surface area (Å²) in [7, 11) is 0. The number of aromatic nitrogens is 6. The Morgan fingerprint density at radius 2 is 2.07 bits per heavy atom. The van der Waals surface area contributed by atoms with Crippen LogP contribution in [0, 0.1) is 13.8 Å². The number of aryl methyl sites for hydroxylation is 2. The van der Waals surface area contributed by atoms with Crippen molar-refractivity contribution in [2.24, 2.45) is 0 Å². The molecular weight excluding hydrogens is 370 g/mol. The molecule has 0 spiro atoms. The van der Waals surface area contributed by atoms with Gasteiger partial charge in [-0.2, -0.15) is 10.1 Å². The molecule has 0 amide bonds. The summed E-state index contributed by atoms with van der Waals surface area (Å²) in [6.07, 6.45) is 4.51. The maximum atomic E-state index is 6.08. The first-order chi connectivity index (χ1) is 13.9. The van der Waals surface area contributed by atoms with Crippen LogP contribution in [0.3, 0.4) is 0 Å². The van der Waals surface area contributed by atoms with Gasteiger partial charge in [0.25, 0.3) is 5.88 Å². The van der Waals surface area contributed by atoms with E-state index >= 15 is 0 Å². The third-order valence-corrected chi connectivity index (χ3v) is 5.80. The average molecular weight is 397 g/mol. The summed E-state index contributed by atoms with van der Waals surface area (Å²) in [6, 6.07) is 0.275. The Labute approximate surface area is 169 Å². The van der Waals surface area contributed by atoms with E-state index in [-0.39, 0.29) is 11.6 Å². The van der Waals surface area contributed by atoms with Gasteiger partial charge in [-0.3, -0.25) is 4.68 Å². The van der Waals surface area contributed by atoms with Crippen molar-refractivity contribution in [2.45, 2.75) is 65.1 Å². The van der Waals surface area contributed by atoms with Gasteiger partial charge in [0.15, 0.2) is 5.65 Å². The smallest absolute Gasteiger partial charge is 0.257 e. The van der Waals surface area contributed by atoms with Crippen molar-refractivity contribution in [1.29, 1.82) is 0 Å². The quantitative estimate of drug-likeness (QED) is 0.673. The molecule has 1 N–H and O–H groups in total. The molecular formula is C20H27N7O2. The Balaban J connectivity index is 1.55. The van der Waals surface area contributed by atoms with Crippen LogP contribution in [0.1, 0.15) is 50.5 Å². The highest BCUT2D eigenvalue weighted by Gasteiger charge is 2.32. The summed E-state index contributed by atoms with van der Waals surface area (Å²) in [6.45, 7) is 10.4. The molecule has 1 saturated heterocycles. The molecule has 5 heterocycles. The second-order valence-corrected chi connectivity index (χ2v) is 8.53. The maximum absolute atomic E-state index is 6.08. The highest BCUT2D eigenvalue weighted by molar-refractivity contribution is 5.79. The third kappa shape index (κ3) is 3.23. The Morgan fingerprint density at radius 1 is 1.21 bits per heavy atom. The zero-order chi connectivity index (χ0) is 20.2. The van der Waals surface area contributed by atoms with E-state index in [0.29, 0.717) is 18.4 Å². The average Bonchev–Trinajstić information content (AvgIpc) is 3.15. The predicted molar refractivity (Wildman–Crippen MR) is 109 cm³/mol. The van der Waals surface area contributed by atoms with Gasteiger partial charge in [-0.25, -0.2) is 9.67 Å². The third-order valence-electron chi connectivity index (χ3n) is 5.80. The fourth-order valence-electron chi connectivity index (χ4n) is 4.32. The van der Waals surface area contributed by atoms with Crippen LogP contribution in [0.4, 0.5) is 11.6 Å². The van der Waals surface area contributed by atoms with Crippen molar-refractivity contribution in [3.05, 3.63) is 17.6 Å². The molecule has 0 radical (unpaired) electrons. The number of nitrogens with zero attached hydrogens (tertiary/aromatic N) is 6. The van der Waals surface area contributed by atoms with Crippen molar-refractivity contribution in [1.82, 2.24) is 29.5 Å². The minimum absolute atomic E-state index is 0.152. The summed E-state index contributed by atoms with van der Waals surface area (Å²) < 4.78 is 16.0. The molecule has 1 fully saturated rings. The fourth-order valence-corrected chi connectivity index (χ4v) is 4.32. The number of anilines is 2. The van der Waals surface area contributed by atoms with E-state index in [9.17, 15) is 0 Å². The topological polar surface area (TPSA) is 91.9 Å². The SMILES string of the molecule is Cc1nn2c3nc(ncc13)Nc1c(nn([C@@H]3CCOC(C)(C)C3)c1C)OCCC2. The van der Waals surface area contributed by atoms with E-state index in [1.54, 1.807) is 0 Å². The summed E-state index contributed by atoms with van der Waals surface area (Å²) in [5, 5.41) is 13.8.